The number of anilines is 1. The number of hydrogen-bond donors (Lipinski definition) is 1. The molecule has 6 heteroatoms. The minimum absolute atomic E-state index is 0.104. The highest BCUT2D eigenvalue weighted by atomic mass is 19.1. The lowest BCUT2D eigenvalue weighted by atomic mass is 10.1. The van der Waals surface area contributed by atoms with Crippen LogP contribution in [0.5, 0.6) is 0 Å². The molecule has 3 aromatic rings. The molecule has 1 amide bonds. The SMILES string of the molecule is O=C(NCC1CCN(c2ccccc2)C1)c1nn(-c2ccc(F)cc2)c2c1CCC2. The van der Waals surface area contributed by atoms with Crippen LogP contribution in [0.4, 0.5) is 10.1 Å². The minimum Gasteiger partial charge on any atom is -0.371 e. The van der Waals surface area contributed by atoms with Crippen molar-refractivity contribution in [3.8, 4) is 5.69 Å². The highest BCUT2D eigenvalue weighted by molar-refractivity contribution is 5.94. The maximum absolute atomic E-state index is 13.3. The molecule has 1 N–H and O–H groups in total. The van der Waals surface area contributed by atoms with Crippen LogP contribution in [0.3, 0.4) is 0 Å². The largest absolute Gasteiger partial charge is 0.371 e. The molecule has 2 heterocycles. The Balaban J connectivity index is 1.27. The third-order valence-electron chi connectivity index (χ3n) is 6.17. The summed E-state index contributed by atoms with van der Waals surface area (Å²) in [7, 11) is 0. The number of carbonyl (C=O) groups is 1. The van der Waals surface area contributed by atoms with Crippen LogP contribution in [-0.2, 0) is 12.8 Å². The Morgan fingerprint density at radius 1 is 1.07 bits per heavy atom. The van der Waals surface area contributed by atoms with E-state index in [-0.39, 0.29) is 11.7 Å². The summed E-state index contributed by atoms with van der Waals surface area (Å²) < 4.78 is 15.1. The summed E-state index contributed by atoms with van der Waals surface area (Å²) in [5.74, 6) is 0.0511. The number of hydrogen-bond acceptors (Lipinski definition) is 3. The molecule has 0 bridgehead atoms. The van der Waals surface area contributed by atoms with Gasteiger partial charge < -0.3 is 10.2 Å². The molecular weight excluding hydrogens is 379 g/mol. The molecule has 30 heavy (non-hydrogen) atoms. The van der Waals surface area contributed by atoms with E-state index < -0.39 is 0 Å². The van der Waals surface area contributed by atoms with Crippen molar-refractivity contribution in [2.24, 2.45) is 5.92 Å². The Morgan fingerprint density at radius 3 is 2.67 bits per heavy atom. The van der Waals surface area contributed by atoms with Gasteiger partial charge in [0.25, 0.3) is 5.91 Å². The fraction of sp³-hybridized carbons (Fsp3) is 0.333. The van der Waals surface area contributed by atoms with E-state index in [1.807, 2.05) is 10.7 Å². The number of para-hydroxylation sites is 1. The molecule has 0 saturated carbocycles. The van der Waals surface area contributed by atoms with Gasteiger partial charge in [0.1, 0.15) is 5.82 Å². The molecule has 2 aliphatic rings. The van der Waals surface area contributed by atoms with E-state index in [0.29, 0.717) is 18.2 Å². The highest BCUT2D eigenvalue weighted by Gasteiger charge is 2.28. The molecule has 154 valence electrons. The summed E-state index contributed by atoms with van der Waals surface area (Å²) in [5.41, 5.74) is 4.66. The molecular formula is C24H25FN4O. The normalized spacial score (nSPS) is 17.9. The number of fused-ring (bicyclic) bond motifs is 1. The maximum Gasteiger partial charge on any atom is 0.272 e. The topological polar surface area (TPSA) is 50.2 Å². The number of benzene rings is 2. The Bertz CT molecular complexity index is 1050. The van der Waals surface area contributed by atoms with Gasteiger partial charge in [-0.25, -0.2) is 9.07 Å². The van der Waals surface area contributed by atoms with E-state index in [0.717, 1.165) is 55.7 Å². The van der Waals surface area contributed by atoms with Gasteiger partial charge in [0.2, 0.25) is 0 Å². The Labute approximate surface area is 175 Å². The van der Waals surface area contributed by atoms with E-state index in [4.69, 9.17) is 0 Å². The van der Waals surface area contributed by atoms with Crippen molar-refractivity contribution in [3.05, 3.63) is 77.4 Å². The smallest absolute Gasteiger partial charge is 0.272 e. The van der Waals surface area contributed by atoms with Crippen molar-refractivity contribution in [2.45, 2.75) is 25.7 Å². The number of carbonyl (C=O) groups excluding carboxylic acids is 1. The molecule has 1 aliphatic carbocycles. The van der Waals surface area contributed by atoms with Gasteiger partial charge in [-0.15, -0.1) is 0 Å². The summed E-state index contributed by atoms with van der Waals surface area (Å²) >= 11 is 0. The second-order valence-electron chi connectivity index (χ2n) is 8.16. The lowest BCUT2D eigenvalue weighted by molar-refractivity contribution is 0.0942. The number of nitrogens with zero attached hydrogens (tertiary/aromatic N) is 3. The molecule has 5 nitrogen and oxygen atoms in total. The fourth-order valence-electron chi connectivity index (χ4n) is 4.61. The molecule has 1 atom stereocenters. The molecule has 0 radical (unpaired) electrons. The summed E-state index contributed by atoms with van der Waals surface area (Å²) in [5, 5.41) is 7.73. The summed E-state index contributed by atoms with van der Waals surface area (Å²) in [6.07, 6.45) is 3.84. The minimum atomic E-state index is -0.276. The zero-order valence-electron chi connectivity index (χ0n) is 16.9. The third-order valence-corrected chi connectivity index (χ3v) is 6.17. The molecule has 0 spiro atoms. The Hall–Kier alpha value is -3.15. The average Bonchev–Trinajstić information content (AvgIpc) is 3.50. The van der Waals surface area contributed by atoms with Gasteiger partial charge >= 0.3 is 0 Å². The molecule has 5 rings (SSSR count). The van der Waals surface area contributed by atoms with Crippen LogP contribution >= 0.6 is 0 Å². The second kappa shape index (κ2) is 7.94. The van der Waals surface area contributed by atoms with E-state index in [9.17, 15) is 9.18 Å². The number of aromatic nitrogens is 2. The van der Waals surface area contributed by atoms with Crippen molar-refractivity contribution >= 4 is 11.6 Å². The predicted molar refractivity (Wildman–Crippen MR) is 115 cm³/mol. The van der Waals surface area contributed by atoms with E-state index in [1.165, 1.54) is 17.8 Å². The zero-order valence-corrected chi connectivity index (χ0v) is 16.9. The first-order valence-electron chi connectivity index (χ1n) is 10.6. The van der Waals surface area contributed by atoms with Gasteiger partial charge in [0.15, 0.2) is 5.69 Å². The van der Waals surface area contributed by atoms with Crippen LogP contribution in [0.25, 0.3) is 5.69 Å². The Kier molecular flexibility index (Phi) is 4.99. The predicted octanol–water partition coefficient (Wildman–Crippen LogP) is 3.76. The van der Waals surface area contributed by atoms with Crippen molar-refractivity contribution < 1.29 is 9.18 Å². The van der Waals surface area contributed by atoms with Crippen LogP contribution in [0.2, 0.25) is 0 Å². The highest BCUT2D eigenvalue weighted by Crippen LogP contribution is 2.28. The van der Waals surface area contributed by atoms with Gasteiger partial charge in [0, 0.05) is 36.6 Å². The molecule has 1 aromatic heterocycles. The van der Waals surface area contributed by atoms with Gasteiger partial charge in [-0.1, -0.05) is 18.2 Å². The maximum atomic E-state index is 13.3. The number of halogens is 1. The van der Waals surface area contributed by atoms with Crippen LogP contribution in [-0.4, -0.2) is 35.3 Å². The van der Waals surface area contributed by atoms with Crippen LogP contribution in [0.1, 0.15) is 34.6 Å². The lowest BCUT2D eigenvalue weighted by Gasteiger charge is -2.18. The third kappa shape index (κ3) is 3.58. The van der Waals surface area contributed by atoms with Gasteiger partial charge in [-0.2, -0.15) is 5.10 Å². The summed E-state index contributed by atoms with van der Waals surface area (Å²) in [4.78, 5) is 15.3. The fourth-order valence-corrected chi connectivity index (χ4v) is 4.61. The molecule has 1 unspecified atom stereocenters. The second-order valence-corrected chi connectivity index (χ2v) is 8.16. The van der Waals surface area contributed by atoms with Crippen LogP contribution < -0.4 is 10.2 Å². The number of nitrogens with one attached hydrogen (secondary N) is 1. The van der Waals surface area contributed by atoms with E-state index >= 15 is 0 Å². The van der Waals surface area contributed by atoms with E-state index in [1.54, 1.807) is 12.1 Å². The molecule has 2 aromatic carbocycles. The first-order chi connectivity index (χ1) is 14.7. The molecule has 1 aliphatic heterocycles. The van der Waals surface area contributed by atoms with Gasteiger partial charge in [0.05, 0.1) is 5.69 Å². The monoisotopic (exact) mass is 404 g/mol. The first-order valence-corrected chi connectivity index (χ1v) is 10.6. The Morgan fingerprint density at radius 2 is 1.87 bits per heavy atom. The first kappa shape index (κ1) is 18.9. The van der Waals surface area contributed by atoms with Gasteiger partial charge in [-0.05, 0) is 68.0 Å². The molecule has 1 saturated heterocycles. The summed E-state index contributed by atoms with van der Waals surface area (Å²) in [6, 6.07) is 16.7. The number of rotatable bonds is 5. The van der Waals surface area contributed by atoms with Crippen LogP contribution in [0.15, 0.2) is 54.6 Å². The lowest BCUT2D eigenvalue weighted by Crippen LogP contribution is -2.31. The standard InChI is InChI=1S/C24H25FN4O/c25-18-9-11-20(12-10-18)29-22-8-4-7-21(22)23(27-29)24(30)26-15-17-13-14-28(16-17)19-5-2-1-3-6-19/h1-3,5-6,9-12,17H,4,7-8,13-16H2,(H,26,30). The van der Waals surface area contributed by atoms with Gasteiger partial charge in [-0.3, -0.25) is 4.79 Å². The van der Waals surface area contributed by atoms with E-state index in [2.05, 4.69) is 39.6 Å². The van der Waals surface area contributed by atoms with Crippen LogP contribution in [0, 0.1) is 11.7 Å². The zero-order chi connectivity index (χ0) is 20.5. The van der Waals surface area contributed by atoms with Crippen molar-refractivity contribution in [3.63, 3.8) is 0 Å². The number of amides is 1. The summed E-state index contributed by atoms with van der Waals surface area (Å²) in [6.45, 7) is 2.62. The van der Waals surface area contributed by atoms with Crippen molar-refractivity contribution in [1.29, 1.82) is 0 Å². The van der Waals surface area contributed by atoms with Crippen molar-refractivity contribution in [2.75, 3.05) is 24.5 Å². The quantitative estimate of drug-likeness (QED) is 0.705. The average molecular weight is 404 g/mol. The molecule has 1 fully saturated rings. The van der Waals surface area contributed by atoms with Crippen molar-refractivity contribution in [1.82, 2.24) is 15.1 Å².